The highest BCUT2D eigenvalue weighted by Crippen LogP contribution is 2.39. The first-order chi connectivity index (χ1) is 9.63. The molecule has 2 nitrogen and oxygen atoms in total. The minimum Gasteiger partial charge on any atom is -0.240 e. The first-order valence-electron chi connectivity index (χ1n) is 6.91. The Hall–Kier alpha value is -1.74. The van der Waals surface area contributed by atoms with Gasteiger partial charge in [0.1, 0.15) is 11.2 Å². The van der Waals surface area contributed by atoms with Crippen molar-refractivity contribution >= 4 is 21.6 Å². The first kappa shape index (κ1) is 13.3. The van der Waals surface area contributed by atoms with Crippen molar-refractivity contribution in [2.75, 3.05) is 0 Å². The summed E-state index contributed by atoms with van der Waals surface area (Å²) >= 11 is 1.70. The van der Waals surface area contributed by atoms with E-state index in [1.807, 2.05) is 6.07 Å². The summed E-state index contributed by atoms with van der Waals surface area (Å²) in [5.74, 6) is 0. The number of rotatable bonds is 3. The molecule has 0 bridgehead atoms. The number of fused-ring (bicyclic) bond motifs is 1. The van der Waals surface area contributed by atoms with Crippen LogP contribution in [0.15, 0.2) is 42.0 Å². The van der Waals surface area contributed by atoms with Crippen LogP contribution < -0.4 is 0 Å². The highest BCUT2D eigenvalue weighted by atomic mass is 32.1. The molecule has 0 atom stereocenters. The van der Waals surface area contributed by atoms with Gasteiger partial charge in [0.2, 0.25) is 0 Å². The predicted octanol–water partition coefficient (Wildman–Crippen LogP) is 5.05. The summed E-state index contributed by atoms with van der Waals surface area (Å²) in [5, 5.41) is 3.42. The molecule has 0 N–H and O–H groups in total. The Bertz CT molecular complexity index is 729. The molecule has 0 unspecified atom stereocenters. The molecule has 2 heterocycles. The van der Waals surface area contributed by atoms with Gasteiger partial charge in [-0.05, 0) is 12.0 Å². The van der Waals surface area contributed by atoms with E-state index in [2.05, 4.69) is 60.4 Å². The fraction of sp³-hybridized carbons (Fsp3) is 0.294. The SMILES string of the molecule is CCC(C)(C)c1ncnc2scc(-c3ccccc3)c12. The Kier molecular flexibility index (Phi) is 3.30. The van der Waals surface area contributed by atoms with Gasteiger partial charge in [-0.3, -0.25) is 0 Å². The van der Waals surface area contributed by atoms with Crippen LogP contribution in [-0.2, 0) is 5.41 Å². The van der Waals surface area contributed by atoms with E-state index in [9.17, 15) is 0 Å². The topological polar surface area (TPSA) is 25.8 Å². The van der Waals surface area contributed by atoms with Crippen LogP contribution in [0.25, 0.3) is 21.3 Å². The van der Waals surface area contributed by atoms with Crippen molar-refractivity contribution in [2.45, 2.75) is 32.6 Å². The van der Waals surface area contributed by atoms with Crippen molar-refractivity contribution in [2.24, 2.45) is 0 Å². The molecule has 0 aliphatic rings. The molecule has 0 aliphatic carbocycles. The van der Waals surface area contributed by atoms with Gasteiger partial charge in [0.15, 0.2) is 0 Å². The molecule has 0 saturated carbocycles. The van der Waals surface area contributed by atoms with Crippen molar-refractivity contribution in [3.63, 3.8) is 0 Å². The molecule has 20 heavy (non-hydrogen) atoms. The Labute approximate surface area is 123 Å². The minimum absolute atomic E-state index is 0.0613. The lowest BCUT2D eigenvalue weighted by molar-refractivity contribution is 0.495. The van der Waals surface area contributed by atoms with Crippen molar-refractivity contribution in [3.05, 3.63) is 47.7 Å². The second-order valence-corrected chi connectivity index (χ2v) is 6.51. The van der Waals surface area contributed by atoms with Crippen molar-refractivity contribution in [1.29, 1.82) is 0 Å². The normalized spacial score (nSPS) is 11.9. The summed E-state index contributed by atoms with van der Waals surface area (Å²) in [6.07, 6.45) is 2.75. The van der Waals surface area contributed by atoms with Gasteiger partial charge in [-0.25, -0.2) is 9.97 Å². The van der Waals surface area contributed by atoms with Gasteiger partial charge in [-0.2, -0.15) is 0 Å². The molecular formula is C17H18N2S. The Morgan fingerprint density at radius 2 is 1.85 bits per heavy atom. The highest BCUT2D eigenvalue weighted by Gasteiger charge is 2.25. The Balaban J connectivity index is 2.31. The highest BCUT2D eigenvalue weighted by molar-refractivity contribution is 7.17. The Morgan fingerprint density at radius 1 is 1.10 bits per heavy atom. The van der Waals surface area contributed by atoms with Gasteiger partial charge in [-0.15, -0.1) is 11.3 Å². The van der Waals surface area contributed by atoms with Crippen LogP contribution in [0.1, 0.15) is 32.9 Å². The van der Waals surface area contributed by atoms with Crippen LogP contribution in [-0.4, -0.2) is 9.97 Å². The van der Waals surface area contributed by atoms with E-state index >= 15 is 0 Å². The number of hydrogen-bond donors (Lipinski definition) is 0. The molecule has 0 aliphatic heterocycles. The van der Waals surface area contributed by atoms with E-state index in [0.29, 0.717) is 0 Å². The molecule has 3 heteroatoms. The molecule has 1 aromatic carbocycles. The summed E-state index contributed by atoms with van der Waals surface area (Å²) in [4.78, 5) is 10.1. The molecule has 3 aromatic rings. The summed E-state index contributed by atoms with van der Waals surface area (Å²) in [5.41, 5.74) is 3.71. The third-order valence-corrected chi connectivity index (χ3v) is 4.87. The standard InChI is InChI=1S/C17H18N2S/c1-4-17(2,3)15-14-13(12-8-6-5-7-9-12)10-20-16(14)19-11-18-15/h5-11H,4H2,1-3H3. The average Bonchev–Trinajstić information content (AvgIpc) is 2.92. The maximum Gasteiger partial charge on any atom is 0.127 e. The maximum absolute atomic E-state index is 4.60. The smallest absolute Gasteiger partial charge is 0.127 e. The summed E-state index contributed by atoms with van der Waals surface area (Å²) in [6.45, 7) is 6.71. The molecule has 0 fully saturated rings. The van der Waals surface area contributed by atoms with E-state index in [1.54, 1.807) is 17.7 Å². The molecule has 3 rings (SSSR count). The molecule has 0 spiro atoms. The zero-order valence-corrected chi connectivity index (χ0v) is 12.9. The van der Waals surface area contributed by atoms with E-state index in [1.165, 1.54) is 16.5 Å². The molecule has 2 aromatic heterocycles. The van der Waals surface area contributed by atoms with Gasteiger partial charge in [0, 0.05) is 21.7 Å². The third kappa shape index (κ3) is 2.12. The van der Waals surface area contributed by atoms with Crippen molar-refractivity contribution in [1.82, 2.24) is 9.97 Å². The molecule has 0 amide bonds. The zero-order valence-electron chi connectivity index (χ0n) is 12.1. The van der Waals surface area contributed by atoms with Crippen LogP contribution in [0.3, 0.4) is 0 Å². The van der Waals surface area contributed by atoms with Gasteiger partial charge < -0.3 is 0 Å². The molecule has 0 radical (unpaired) electrons. The van der Waals surface area contributed by atoms with Crippen molar-refractivity contribution in [3.8, 4) is 11.1 Å². The summed E-state index contributed by atoms with van der Waals surface area (Å²) < 4.78 is 0. The molecule has 0 saturated heterocycles. The lowest BCUT2D eigenvalue weighted by Crippen LogP contribution is -2.18. The lowest BCUT2D eigenvalue weighted by atomic mass is 9.83. The quantitative estimate of drug-likeness (QED) is 0.672. The maximum atomic E-state index is 4.60. The minimum atomic E-state index is 0.0613. The fourth-order valence-corrected chi connectivity index (χ4v) is 3.30. The second-order valence-electron chi connectivity index (χ2n) is 5.66. The Morgan fingerprint density at radius 3 is 2.55 bits per heavy atom. The van der Waals surface area contributed by atoms with E-state index in [-0.39, 0.29) is 5.41 Å². The van der Waals surface area contributed by atoms with Crippen LogP contribution in [0.2, 0.25) is 0 Å². The largest absolute Gasteiger partial charge is 0.240 e. The van der Waals surface area contributed by atoms with Gasteiger partial charge in [-0.1, -0.05) is 51.1 Å². The van der Waals surface area contributed by atoms with Crippen LogP contribution in [0.4, 0.5) is 0 Å². The summed E-state index contributed by atoms with van der Waals surface area (Å²) in [6, 6.07) is 10.5. The lowest BCUT2D eigenvalue weighted by Gasteiger charge is -2.23. The van der Waals surface area contributed by atoms with Crippen LogP contribution in [0, 0.1) is 0 Å². The molecule has 102 valence electrons. The van der Waals surface area contributed by atoms with Crippen molar-refractivity contribution < 1.29 is 0 Å². The first-order valence-corrected chi connectivity index (χ1v) is 7.79. The number of thiophene rings is 1. The van der Waals surface area contributed by atoms with Gasteiger partial charge >= 0.3 is 0 Å². The average molecular weight is 282 g/mol. The third-order valence-electron chi connectivity index (χ3n) is 3.98. The van der Waals surface area contributed by atoms with Crippen LogP contribution in [0.5, 0.6) is 0 Å². The number of aromatic nitrogens is 2. The van der Waals surface area contributed by atoms with Gasteiger partial charge in [0.25, 0.3) is 0 Å². The van der Waals surface area contributed by atoms with E-state index in [4.69, 9.17) is 0 Å². The number of nitrogens with zero attached hydrogens (tertiary/aromatic N) is 2. The zero-order chi connectivity index (χ0) is 14.2. The second kappa shape index (κ2) is 4.98. The van der Waals surface area contributed by atoms with Gasteiger partial charge in [0.05, 0.1) is 5.69 Å². The number of benzene rings is 1. The number of hydrogen-bond acceptors (Lipinski definition) is 3. The molecular weight excluding hydrogens is 264 g/mol. The van der Waals surface area contributed by atoms with Crippen LogP contribution >= 0.6 is 11.3 Å². The fourth-order valence-electron chi connectivity index (χ4n) is 2.39. The monoisotopic (exact) mass is 282 g/mol. The van der Waals surface area contributed by atoms with E-state index in [0.717, 1.165) is 16.9 Å². The van der Waals surface area contributed by atoms with E-state index < -0.39 is 0 Å². The predicted molar refractivity (Wildman–Crippen MR) is 86.2 cm³/mol. The summed E-state index contributed by atoms with van der Waals surface area (Å²) in [7, 11) is 0.